The molecule has 2 fully saturated rings. The predicted molar refractivity (Wildman–Crippen MR) is 99.7 cm³/mol. The molecule has 4 rings (SSSR count). The Kier molecular flexibility index (Phi) is 3.65. The van der Waals surface area contributed by atoms with Gasteiger partial charge in [0.15, 0.2) is 0 Å². The molecule has 0 amide bonds. The number of Topliss-reactive ketones (excluding diaryl/α,β-unsaturated/α-hetero) is 2. The van der Waals surface area contributed by atoms with E-state index in [-0.39, 0.29) is 23.0 Å². The van der Waals surface area contributed by atoms with E-state index in [1.165, 1.54) is 11.3 Å². The summed E-state index contributed by atoms with van der Waals surface area (Å²) in [6.45, 7) is 9.57. The van der Waals surface area contributed by atoms with E-state index in [0.29, 0.717) is 31.1 Å². The fourth-order valence-corrected chi connectivity index (χ4v) is 5.87. The summed E-state index contributed by atoms with van der Waals surface area (Å²) in [5.41, 5.74) is 1.37. The average molecular weight is 339 g/mol. The van der Waals surface area contributed by atoms with Crippen LogP contribution in [-0.2, 0) is 16.0 Å². The van der Waals surface area contributed by atoms with Gasteiger partial charge in [-0.15, -0.1) is 0 Å². The molecule has 0 bridgehead atoms. The maximum Gasteiger partial charge on any atom is 0.149 e. The molecule has 0 N–H and O–H groups in total. The molecule has 0 aromatic heterocycles. The number of benzene rings is 1. The molecule has 1 spiro atoms. The zero-order valence-corrected chi connectivity index (χ0v) is 15.8. The summed E-state index contributed by atoms with van der Waals surface area (Å²) in [4.78, 5) is 29.3. The molecule has 3 heteroatoms. The van der Waals surface area contributed by atoms with E-state index in [4.69, 9.17) is 0 Å². The highest BCUT2D eigenvalue weighted by molar-refractivity contribution is 6.11. The van der Waals surface area contributed by atoms with Crippen LogP contribution in [0, 0.1) is 22.7 Å². The molecule has 2 aliphatic heterocycles. The van der Waals surface area contributed by atoms with Crippen LogP contribution in [0.4, 0.5) is 5.69 Å². The minimum absolute atomic E-state index is 0.0229. The lowest BCUT2D eigenvalue weighted by atomic mass is 9.54. The van der Waals surface area contributed by atoms with Crippen molar-refractivity contribution in [3.63, 3.8) is 0 Å². The molecule has 0 unspecified atom stereocenters. The van der Waals surface area contributed by atoms with Gasteiger partial charge < -0.3 is 4.90 Å². The van der Waals surface area contributed by atoms with Crippen LogP contribution in [0.1, 0.15) is 52.5 Å². The minimum Gasteiger partial charge on any atom is -0.366 e. The lowest BCUT2D eigenvalue weighted by molar-refractivity contribution is -0.152. The van der Waals surface area contributed by atoms with Crippen molar-refractivity contribution < 1.29 is 9.59 Å². The third-order valence-electron chi connectivity index (χ3n) is 6.71. The first-order valence-corrected chi connectivity index (χ1v) is 9.66. The fraction of sp³-hybridized carbons (Fsp3) is 0.636. The van der Waals surface area contributed by atoms with Crippen LogP contribution in [0.15, 0.2) is 24.3 Å². The Balaban J connectivity index is 1.89. The summed E-state index contributed by atoms with van der Waals surface area (Å²) >= 11 is 0. The molecule has 0 radical (unpaired) electrons. The predicted octanol–water partition coefficient (Wildman–Crippen LogP) is 4.04. The van der Waals surface area contributed by atoms with Crippen LogP contribution in [0.2, 0.25) is 0 Å². The van der Waals surface area contributed by atoms with Gasteiger partial charge in [0.25, 0.3) is 0 Å². The summed E-state index contributed by atoms with van der Waals surface area (Å²) in [6.07, 6.45) is 2.73. The van der Waals surface area contributed by atoms with Gasteiger partial charge in [-0.2, -0.15) is 0 Å². The number of para-hydroxylation sites is 1. The zero-order chi connectivity index (χ0) is 18.0. The van der Waals surface area contributed by atoms with Gasteiger partial charge in [0, 0.05) is 25.1 Å². The normalized spacial score (nSPS) is 33.1. The number of piperidine rings is 1. The zero-order valence-electron chi connectivity index (χ0n) is 15.8. The summed E-state index contributed by atoms with van der Waals surface area (Å²) in [7, 11) is 0. The van der Waals surface area contributed by atoms with E-state index >= 15 is 0 Å². The van der Waals surface area contributed by atoms with Crippen LogP contribution in [0.25, 0.3) is 0 Å². The molecule has 1 saturated heterocycles. The van der Waals surface area contributed by atoms with Crippen molar-refractivity contribution >= 4 is 17.3 Å². The number of ketones is 2. The highest BCUT2D eigenvalue weighted by Crippen LogP contribution is 2.53. The average Bonchev–Trinajstić information content (AvgIpc) is 2.51. The van der Waals surface area contributed by atoms with E-state index in [1.54, 1.807) is 0 Å². The van der Waals surface area contributed by atoms with Crippen molar-refractivity contribution in [3.8, 4) is 0 Å². The van der Waals surface area contributed by atoms with E-state index in [9.17, 15) is 9.59 Å². The lowest BCUT2D eigenvalue weighted by Crippen LogP contribution is -2.67. The number of carbonyl (C=O) groups excluding carboxylic acids is 2. The molecule has 3 atom stereocenters. The number of carbonyl (C=O) groups is 2. The number of anilines is 1. The van der Waals surface area contributed by atoms with E-state index in [0.717, 1.165) is 13.0 Å². The first-order chi connectivity index (χ1) is 11.7. The largest absolute Gasteiger partial charge is 0.366 e. The highest BCUT2D eigenvalue weighted by Gasteiger charge is 2.61. The molecule has 1 aliphatic carbocycles. The third kappa shape index (κ3) is 2.38. The summed E-state index contributed by atoms with van der Waals surface area (Å²) < 4.78 is 0. The first-order valence-electron chi connectivity index (χ1n) is 9.66. The van der Waals surface area contributed by atoms with Crippen LogP contribution >= 0.6 is 0 Å². The monoisotopic (exact) mass is 339 g/mol. The molecule has 134 valence electrons. The molecule has 1 aromatic carbocycles. The Labute approximate surface area is 150 Å². The Morgan fingerprint density at radius 1 is 1.00 bits per heavy atom. The van der Waals surface area contributed by atoms with Gasteiger partial charge in [-0.25, -0.2) is 0 Å². The van der Waals surface area contributed by atoms with Crippen molar-refractivity contribution in [2.24, 2.45) is 22.7 Å². The van der Waals surface area contributed by atoms with Crippen molar-refractivity contribution in [1.29, 1.82) is 0 Å². The van der Waals surface area contributed by atoms with Crippen molar-refractivity contribution in [1.82, 2.24) is 0 Å². The number of hydrogen-bond donors (Lipinski definition) is 0. The van der Waals surface area contributed by atoms with Gasteiger partial charge in [-0.3, -0.25) is 9.59 Å². The van der Waals surface area contributed by atoms with Crippen LogP contribution in [0.5, 0.6) is 0 Å². The second-order valence-electron chi connectivity index (χ2n) is 9.56. The van der Waals surface area contributed by atoms with Gasteiger partial charge in [-0.05, 0) is 41.7 Å². The molecule has 2 heterocycles. The molecule has 1 aromatic rings. The lowest BCUT2D eigenvalue weighted by Gasteiger charge is -2.57. The first kappa shape index (κ1) is 16.8. The van der Waals surface area contributed by atoms with E-state index in [2.05, 4.69) is 50.8 Å². The van der Waals surface area contributed by atoms with E-state index < -0.39 is 5.41 Å². The SMILES string of the molecule is C[C@@H]1C[C@@H](C)[C@@H]2N(C1)c1ccccc1CC21C(=O)CC(C)(C)CC1=O. The van der Waals surface area contributed by atoms with Gasteiger partial charge in [0.2, 0.25) is 0 Å². The van der Waals surface area contributed by atoms with Crippen LogP contribution < -0.4 is 4.90 Å². The minimum atomic E-state index is -0.830. The third-order valence-corrected chi connectivity index (χ3v) is 6.71. The fourth-order valence-electron chi connectivity index (χ4n) is 5.87. The van der Waals surface area contributed by atoms with Crippen molar-refractivity contribution in [3.05, 3.63) is 29.8 Å². The molecular formula is C22H29NO2. The molecule has 25 heavy (non-hydrogen) atoms. The Bertz CT molecular complexity index is 715. The second-order valence-corrected chi connectivity index (χ2v) is 9.56. The van der Waals surface area contributed by atoms with Gasteiger partial charge in [0.05, 0.1) is 6.04 Å². The van der Waals surface area contributed by atoms with Gasteiger partial charge >= 0.3 is 0 Å². The molecule has 3 aliphatic rings. The summed E-state index contributed by atoms with van der Waals surface area (Å²) in [5.74, 6) is 1.30. The summed E-state index contributed by atoms with van der Waals surface area (Å²) in [5, 5.41) is 0. The number of nitrogens with zero attached hydrogens (tertiary/aromatic N) is 1. The highest BCUT2D eigenvalue weighted by atomic mass is 16.2. The maximum atomic E-state index is 13.4. The van der Waals surface area contributed by atoms with E-state index in [1.807, 2.05) is 6.07 Å². The molecular weight excluding hydrogens is 310 g/mol. The van der Waals surface area contributed by atoms with Crippen LogP contribution in [0.3, 0.4) is 0 Å². The van der Waals surface area contributed by atoms with Gasteiger partial charge in [-0.1, -0.05) is 45.9 Å². The Morgan fingerprint density at radius 2 is 1.64 bits per heavy atom. The summed E-state index contributed by atoms with van der Waals surface area (Å²) in [6, 6.07) is 8.41. The topological polar surface area (TPSA) is 37.4 Å². The van der Waals surface area contributed by atoms with Gasteiger partial charge in [0.1, 0.15) is 17.0 Å². The molecule has 3 nitrogen and oxygen atoms in total. The second kappa shape index (κ2) is 5.43. The number of fused-ring (bicyclic) bond motifs is 4. The maximum absolute atomic E-state index is 13.4. The number of hydrogen-bond acceptors (Lipinski definition) is 3. The molecule has 1 saturated carbocycles. The smallest absolute Gasteiger partial charge is 0.149 e. The standard InChI is InChI=1S/C22H29NO2/c1-14-9-15(2)20-22(18(24)11-21(3,4)12-19(22)25)10-16-7-5-6-8-17(16)23(20)13-14/h5-8,14-15,20H,9-13H2,1-4H3/t14-,15-,20+/m1/s1. The Morgan fingerprint density at radius 3 is 2.32 bits per heavy atom. The quantitative estimate of drug-likeness (QED) is 0.670. The van der Waals surface area contributed by atoms with Crippen molar-refractivity contribution in [2.75, 3.05) is 11.4 Å². The number of rotatable bonds is 0. The Hall–Kier alpha value is -1.64. The van der Waals surface area contributed by atoms with Crippen molar-refractivity contribution in [2.45, 2.75) is 59.4 Å². The van der Waals surface area contributed by atoms with Crippen LogP contribution in [-0.4, -0.2) is 24.2 Å².